The van der Waals surface area contributed by atoms with Crippen LogP contribution >= 0.6 is 15.9 Å². The number of halogens is 1. The number of carbonyl (C=O) groups is 2. The Bertz CT molecular complexity index is 966. The van der Waals surface area contributed by atoms with Crippen molar-refractivity contribution in [3.8, 4) is 5.75 Å². The summed E-state index contributed by atoms with van der Waals surface area (Å²) in [6.45, 7) is 1.82. The van der Waals surface area contributed by atoms with Crippen LogP contribution in [-0.2, 0) is 19.1 Å². The first kappa shape index (κ1) is 19.7. The minimum Gasteiger partial charge on any atom is -0.496 e. The summed E-state index contributed by atoms with van der Waals surface area (Å²) in [4.78, 5) is 25.2. The molecule has 0 spiro atoms. The van der Waals surface area contributed by atoms with E-state index in [-0.39, 0.29) is 23.8 Å². The summed E-state index contributed by atoms with van der Waals surface area (Å²) in [5.74, 6) is -0.698. The number of anilines is 1. The van der Waals surface area contributed by atoms with Gasteiger partial charge in [-0.15, -0.1) is 0 Å². The lowest BCUT2D eigenvalue weighted by molar-refractivity contribution is -0.139. The van der Waals surface area contributed by atoms with E-state index in [2.05, 4.69) is 21.2 Å². The van der Waals surface area contributed by atoms with Gasteiger partial charge in [0.25, 0.3) is 0 Å². The molecule has 1 aliphatic rings. The average molecular weight is 444 g/mol. The van der Waals surface area contributed by atoms with Gasteiger partial charge in [-0.1, -0.05) is 34.1 Å². The quantitative estimate of drug-likeness (QED) is 0.407. The summed E-state index contributed by atoms with van der Waals surface area (Å²) < 4.78 is 16.9. The third kappa shape index (κ3) is 4.26. The largest absolute Gasteiger partial charge is 0.496 e. The van der Waals surface area contributed by atoms with E-state index < -0.39 is 11.8 Å². The van der Waals surface area contributed by atoms with Crippen LogP contribution in [0.1, 0.15) is 12.5 Å². The summed E-state index contributed by atoms with van der Waals surface area (Å²) in [5.41, 5.74) is 1.13. The van der Waals surface area contributed by atoms with Gasteiger partial charge < -0.3 is 19.5 Å². The molecule has 3 rings (SSSR count). The first-order chi connectivity index (χ1) is 13.5. The second-order valence-electron chi connectivity index (χ2n) is 5.74. The number of esters is 1. The maximum absolute atomic E-state index is 12.9. The van der Waals surface area contributed by atoms with Gasteiger partial charge >= 0.3 is 5.97 Å². The topological polar surface area (TPSA) is 73.9 Å². The van der Waals surface area contributed by atoms with E-state index in [1.54, 1.807) is 31.2 Å². The van der Waals surface area contributed by atoms with Gasteiger partial charge in [0.2, 0.25) is 11.7 Å². The molecule has 28 heavy (non-hydrogen) atoms. The number of hydrogen-bond donors (Lipinski definition) is 1. The second-order valence-corrected chi connectivity index (χ2v) is 6.66. The number of carbonyl (C=O) groups excluding carboxylic acids is 2. The number of hydrogen-bond acceptors (Lipinski definition) is 6. The van der Waals surface area contributed by atoms with E-state index in [1.807, 2.05) is 24.3 Å². The van der Waals surface area contributed by atoms with Crippen LogP contribution in [-0.4, -0.2) is 25.5 Å². The Morgan fingerprint density at radius 3 is 2.64 bits per heavy atom. The van der Waals surface area contributed by atoms with E-state index in [4.69, 9.17) is 14.2 Å². The number of ether oxygens (including phenoxy) is 3. The highest BCUT2D eigenvalue weighted by atomic mass is 79.9. The van der Waals surface area contributed by atoms with Crippen molar-refractivity contribution in [2.45, 2.75) is 6.92 Å². The number of benzene rings is 2. The van der Waals surface area contributed by atoms with Crippen LogP contribution in [0.4, 0.5) is 5.69 Å². The van der Waals surface area contributed by atoms with E-state index in [1.165, 1.54) is 13.2 Å². The van der Waals surface area contributed by atoms with Gasteiger partial charge in [-0.2, -0.15) is 0 Å². The Labute approximate surface area is 170 Å². The number of ketones is 1. The molecule has 0 amide bonds. The molecule has 0 bridgehead atoms. The van der Waals surface area contributed by atoms with Gasteiger partial charge in [0.1, 0.15) is 5.75 Å². The SMILES string of the molecule is CCOC(=O)C1=C(Nc2ccccc2)O/C(=C\c2cc(Br)ccc2OC)C1=O. The zero-order valence-corrected chi connectivity index (χ0v) is 16.9. The zero-order valence-electron chi connectivity index (χ0n) is 15.3. The van der Waals surface area contributed by atoms with Crippen molar-refractivity contribution >= 4 is 39.4 Å². The molecule has 0 saturated carbocycles. The fourth-order valence-electron chi connectivity index (χ4n) is 2.62. The first-order valence-corrected chi connectivity index (χ1v) is 9.34. The Balaban J connectivity index is 1.99. The van der Waals surface area contributed by atoms with E-state index >= 15 is 0 Å². The number of methoxy groups -OCH3 is 1. The van der Waals surface area contributed by atoms with Gasteiger partial charge in [0.15, 0.2) is 11.3 Å². The van der Waals surface area contributed by atoms with Gasteiger partial charge in [-0.25, -0.2) is 4.79 Å². The first-order valence-electron chi connectivity index (χ1n) is 8.54. The van der Waals surface area contributed by atoms with Crippen molar-refractivity contribution in [1.29, 1.82) is 0 Å². The number of nitrogens with one attached hydrogen (secondary N) is 1. The van der Waals surface area contributed by atoms with Crippen LogP contribution in [0.3, 0.4) is 0 Å². The van der Waals surface area contributed by atoms with Crippen LogP contribution in [0.5, 0.6) is 5.75 Å². The predicted molar refractivity (Wildman–Crippen MR) is 108 cm³/mol. The van der Waals surface area contributed by atoms with Crippen molar-refractivity contribution < 1.29 is 23.8 Å². The molecule has 0 radical (unpaired) electrons. The van der Waals surface area contributed by atoms with Crippen LogP contribution in [0.15, 0.2) is 70.2 Å². The lowest BCUT2D eigenvalue weighted by Gasteiger charge is -2.09. The monoisotopic (exact) mass is 443 g/mol. The standard InChI is InChI=1S/C21H18BrNO5/c1-3-27-21(25)18-19(24)17(12-13-11-14(22)9-10-16(13)26-2)28-20(18)23-15-7-5-4-6-8-15/h4-12,23H,3H2,1-2H3/b17-12-. The fourth-order valence-corrected chi connectivity index (χ4v) is 3.00. The molecule has 0 aromatic heterocycles. The van der Waals surface area contributed by atoms with Crippen LogP contribution in [0, 0.1) is 0 Å². The molecular weight excluding hydrogens is 426 g/mol. The highest BCUT2D eigenvalue weighted by Gasteiger charge is 2.37. The Morgan fingerprint density at radius 2 is 1.96 bits per heavy atom. The van der Waals surface area contributed by atoms with Gasteiger partial charge in [0, 0.05) is 15.7 Å². The molecule has 0 aliphatic carbocycles. The van der Waals surface area contributed by atoms with Crippen LogP contribution in [0.25, 0.3) is 6.08 Å². The summed E-state index contributed by atoms with van der Waals surface area (Å²) in [5, 5.41) is 2.97. The van der Waals surface area contributed by atoms with Crippen LogP contribution in [0.2, 0.25) is 0 Å². The van der Waals surface area contributed by atoms with E-state index in [0.717, 1.165) is 4.47 Å². The van der Waals surface area contributed by atoms with Crippen molar-refractivity contribution in [3.05, 3.63) is 75.8 Å². The highest BCUT2D eigenvalue weighted by molar-refractivity contribution is 9.10. The number of allylic oxidation sites excluding steroid dienone is 1. The van der Waals surface area contributed by atoms with Crippen molar-refractivity contribution in [3.63, 3.8) is 0 Å². The fraction of sp³-hybridized carbons (Fsp3) is 0.143. The Hall–Kier alpha value is -3.06. The van der Waals surface area contributed by atoms with Gasteiger partial charge in [0.05, 0.1) is 13.7 Å². The summed E-state index contributed by atoms with van der Waals surface area (Å²) in [6, 6.07) is 14.5. The second kappa shape index (κ2) is 8.75. The van der Waals surface area contributed by atoms with Crippen molar-refractivity contribution in [1.82, 2.24) is 0 Å². The normalized spacial score (nSPS) is 14.8. The molecule has 1 N–H and O–H groups in total. The van der Waals surface area contributed by atoms with Crippen LogP contribution < -0.4 is 10.1 Å². The minimum absolute atomic E-state index is 0.00196. The minimum atomic E-state index is -0.740. The molecule has 1 aliphatic heterocycles. The number of para-hydroxylation sites is 1. The van der Waals surface area contributed by atoms with Gasteiger partial charge in [-0.05, 0) is 43.3 Å². The van der Waals surface area contributed by atoms with E-state index in [9.17, 15) is 9.59 Å². The molecule has 2 aromatic carbocycles. The molecule has 7 heteroatoms. The smallest absolute Gasteiger partial charge is 0.347 e. The zero-order chi connectivity index (χ0) is 20.1. The summed E-state index contributed by atoms with van der Waals surface area (Å²) >= 11 is 3.39. The summed E-state index contributed by atoms with van der Waals surface area (Å²) in [7, 11) is 1.53. The third-order valence-electron chi connectivity index (χ3n) is 3.88. The molecule has 0 unspecified atom stereocenters. The van der Waals surface area contributed by atoms with E-state index in [0.29, 0.717) is 17.0 Å². The molecule has 0 saturated heterocycles. The Morgan fingerprint density at radius 1 is 1.21 bits per heavy atom. The molecule has 0 fully saturated rings. The maximum Gasteiger partial charge on any atom is 0.347 e. The molecule has 144 valence electrons. The average Bonchev–Trinajstić information content (AvgIpc) is 2.98. The lowest BCUT2D eigenvalue weighted by atomic mass is 10.1. The maximum atomic E-state index is 12.9. The molecule has 6 nitrogen and oxygen atoms in total. The highest BCUT2D eigenvalue weighted by Crippen LogP contribution is 2.31. The molecule has 1 heterocycles. The number of Topliss-reactive ketones (excluding diaryl/α,β-unsaturated/α-hetero) is 1. The molecule has 2 aromatic rings. The summed E-state index contributed by atoms with van der Waals surface area (Å²) in [6.07, 6.45) is 1.53. The molecular formula is C21H18BrNO5. The Kier molecular flexibility index (Phi) is 6.16. The third-order valence-corrected chi connectivity index (χ3v) is 4.37. The van der Waals surface area contributed by atoms with Crippen molar-refractivity contribution in [2.75, 3.05) is 19.0 Å². The van der Waals surface area contributed by atoms with Crippen molar-refractivity contribution in [2.24, 2.45) is 0 Å². The van der Waals surface area contributed by atoms with Gasteiger partial charge in [-0.3, -0.25) is 4.79 Å². The number of rotatable bonds is 6. The molecule has 0 atom stereocenters. The lowest BCUT2D eigenvalue weighted by Crippen LogP contribution is -2.16. The predicted octanol–water partition coefficient (Wildman–Crippen LogP) is 4.28.